The van der Waals surface area contributed by atoms with E-state index in [1.807, 2.05) is 0 Å². The monoisotopic (exact) mass is 618 g/mol. The Bertz CT molecular complexity index is 2230. The molecule has 0 N–H and O–H groups in total. The number of rotatable bonds is 5. The molecule has 0 saturated heterocycles. The fraction of sp³-hybridized carbons (Fsp3) is 0.152. The van der Waals surface area contributed by atoms with Crippen LogP contribution in [-0.2, 0) is 0 Å². The summed E-state index contributed by atoms with van der Waals surface area (Å²) < 4.78 is 2.28. The van der Waals surface area contributed by atoms with E-state index in [1.54, 1.807) is 0 Å². The predicted molar refractivity (Wildman–Crippen MR) is 200 cm³/mol. The van der Waals surface area contributed by atoms with Gasteiger partial charge in [0.2, 0.25) is 0 Å². The maximum atomic E-state index is 5.12. The molecule has 5 aromatic carbocycles. The second-order valence-electron chi connectivity index (χ2n) is 13.6. The summed E-state index contributed by atoms with van der Waals surface area (Å²) in [7, 11) is 0. The second-order valence-corrected chi connectivity index (χ2v) is 13.6. The maximum Gasteiger partial charge on any atom is 0.145 e. The Morgan fingerprint density at radius 2 is 1.31 bits per heavy atom. The van der Waals surface area contributed by atoms with Gasteiger partial charge >= 0.3 is 0 Å². The van der Waals surface area contributed by atoms with Crippen LogP contribution in [0.4, 0.5) is 0 Å². The molecule has 9 rings (SSSR count). The number of para-hydroxylation sites is 3. The third-order valence-electron chi connectivity index (χ3n) is 10.8. The molecular weight excluding hydrogens is 581 g/mol. The standard InChI is InChI=1S/C46H38N2/c1-31-29-36(32-25-27-35(28-26-32)46-47-41-23-13-14-24-42(41)48(46)37-19-9-4-10-20-37)30-40-43(31)45(34-17-7-3-8-18-34)39-22-12-11-21-38(39)44(40)33-15-5-2-6-16-33/h2-21,23-28,30-31,39,43,45H,22,29H2,1H3. The molecule has 6 aromatic rings. The lowest BCUT2D eigenvalue weighted by atomic mass is 9.56. The van der Waals surface area contributed by atoms with Gasteiger partial charge in [-0.3, -0.25) is 4.57 Å². The maximum absolute atomic E-state index is 5.12. The first-order valence-electron chi connectivity index (χ1n) is 17.3. The van der Waals surface area contributed by atoms with Crippen LogP contribution in [0.3, 0.4) is 0 Å². The number of hydrogen-bond donors (Lipinski definition) is 0. The number of aromatic nitrogens is 2. The fourth-order valence-corrected chi connectivity index (χ4v) is 8.73. The van der Waals surface area contributed by atoms with Gasteiger partial charge in [0.25, 0.3) is 0 Å². The minimum absolute atomic E-state index is 0.449. The van der Waals surface area contributed by atoms with E-state index in [0.29, 0.717) is 23.7 Å². The highest BCUT2D eigenvalue weighted by Gasteiger charge is 2.45. The van der Waals surface area contributed by atoms with Crippen LogP contribution in [0.15, 0.2) is 175 Å². The van der Waals surface area contributed by atoms with Crippen molar-refractivity contribution in [3.8, 4) is 17.1 Å². The van der Waals surface area contributed by atoms with Crippen LogP contribution in [0.1, 0.15) is 42.4 Å². The van der Waals surface area contributed by atoms with Crippen molar-refractivity contribution < 1.29 is 0 Å². The SMILES string of the molecule is CC1CC(c2ccc(-c3nc4ccccc4n3-c3ccccc3)cc2)=CC2=C(c3ccccc3)C3=CC=CCC3C(c3ccccc3)C21. The smallest absolute Gasteiger partial charge is 0.145 e. The highest BCUT2D eigenvalue weighted by Crippen LogP contribution is 2.58. The summed E-state index contributed by atoms with van der Waals surface area (Å²) in [6, 6.07) is 50.6. The Hall–Kier alpha value is -5.47. The zero-order valence-electron chi connectivity index (χ0n) is 27.2. The van der Waals surface area contributed by atoms with Gasteiger partial charge in [-0.15, -0.1) is 0 Å². The highest BCUT2D eigenvalue weighted by atomic mass is 15.1. The quantitative estimate of drug-likeness (QED) is 0.188. The predicted octanol–water partition coefficient (Wildman–Crippen LogP) is 11.5. The third kappa shape index (κ3) is 4.83. The van der Waals surface area contributed by atoms with E-state index in [9.17, 15) is 0 Å². The Kier molecular flexibility index (Phi) is 7.16. The number of imidazole rings is 1. The van der Waals surface area contributed by atoms with E-state index in [-0.39, 0.29) is 0 Å². The molecule has 0 saturated carbocycles. The van der Waals surface area contributed by atoms with Crippen molar-refractivity contribution in [3.05, 3.63) is 192 Å². The average molecular weight is 619 g/mol. The van der Waals surface area contributed by atoms with E-state index >= 15 is 0 Å². The molecule has 232 valence electrons. The molecule has 2 heteroatoms. The average Bonchev–Trinajstić information content (AvgIpc) is 3.55. The molecule has 3 aliphatic carbocycles. The van der Waals surface area contributed by atoms with Gasteiger partial charge in [0, 0.05) is 11.3 Å². The molecule has 0 aliphatic heterocycles. The first-order chi connectivity index (χ1) is 23.7. The Labute approximate surface area is 283 Å². The molecule has 0 fully saturated rings. The van der Waals surface area contributed by atoms with E-state index in [1.165, 1.54) is 39.0 Å². The van der Waals surface area contributed by atoms with E-state index < -0.39 is 0 Å². The number of nitrogens with zero attached hydrogens (tertiary/aromatic N) is 2. The van der Waals surface area contributed by atoms with Gasteiger partial charge in [-0.25, -0.2) is 4.98 Å². The van der Waals surface area contributed by atoms with Crippen LogP contribution in [0.25, 0.3) is 39.3 Å². The third-order valence-corrected chi connectivity index (χ3v) is 10.8. The van der Waals surface area contributed by atoms with Crippen LogP contribution in [0.5, 0.6) is 0 Å². The molecule has 0 spiro atoms. The summed E-state index contributed by atoms with van der Waals surface area (Å²) in [6.45, 7) is 2.49. The largest absolute Gasteiger partial charge is 0.292 e. The summed E-state index contributed by atoms with van der Waals surface area (Å²) in [5, 5.41) is 0. The number of benzene rings is 5. The topological polar surface area (TPSA) is 17.8 Å². The molecule has 2 nitrogen and oxygen atoms in total. The minimum atomic E-state index is 0.449. The van der Waals surface area contributed by atoms with E-state index in [4.69, 9.17) is 4.98 Å². The van der Waals surface area contributed by atoms with E-state index in [0.717, 1.165) is 41.0 Å². The summed E-state index contributed by atoms with van der Waals surface area (Å²) in [5.41, 5.74) is 14.3. The van der Waals surface area contributed by atoms with Crippen molar-refractivity contribution in [2.45, 2.75) is 25.7 Å². The van der Waals surface area contributed by atoms with Gasteiger partial charge in [-0.1, -0.05) is 146 Å². The number of allylic oxidation sites excluding steroid dienone is 8. The summed E-state index contributed by atoms with van der Waals surface area (Å²) in [5.74, 6) is 2.84. The zero-order valence-corrected chi connectivity index (χ0v) is 27.2. The molecule has 0 amide bonds. The van der Waals surface area contributed by atoms with Gasteiger partial charge in [0.1, 0.15) is 5.82 Å². The lowest BCUT2D eigenvalue weighted by molar-refractivity contribution is 0.286. The highest BCUT2D eigenvalue weighted by molar-refractivity contribution is 5.89. The summed E-state index contributed by atoms with van der Waals surface area (Å²) in [4.78, 5) is 5.12. The van der Waals surface area contributed by atoms with Crippen molar-refractivity contribution >= 4 is 22.2 Å². The lowest BCUT2D eigenvalue weighted by Gasteiger charge is -2.48. The fourth-order valence-electron chi connectivity index (χ4n) is 8.73. The Morgan fingerprint density at radius 3 is 2.08 bits per heavy atom. The minimum Gasteiger partial charge on any atom is -0.292 e. The first-order valence-corrected chi connectivity index (χ1v) is 17.3. The van der Waals surface area contributed by atoms with Gasteiger partial charge in [0.05, 0.1) is 11.0 Å². The molecule has 4 atom stereocenters. The Morgan fingerprint density at radius 1 is 0.646 bits per heavy atom. The Balaban J connectivity index is 1.18. The molecule has 48 heavy (non-hydrogen) atoms. The van der Waals surface area contributed by atoms with Crippen molar-refractivity contribution in [2.24, 2.45) is 17.8 Å². The molecule has 3 aliphatic rings. The molecule has 0 bridgehead atoms. The van der Waals surface area contributed by atoms with Crippen LogP contribution in [-0.4, -0.2) is 9.55 Å². The number of hydrogen-bond acceptors (Lipinski definition) is 1. The van der Waals surface area contributed by atoms with Crippen LogP contribution in [0.2, 0.25) is 0 Å². The molecule has 1 heterocycles. The van der Waals surface area contributed by atoms with Crippen molar-refractivity contribution in [1.82, 2.24) is 9.55 Å². The van der Waals surface area contributed by atoms with Gasteiger partial charge in [-0.05, 0) is 99.8 Å². The first kappa shape index (κ1) is 28.7. The normalized spacial score (nSPS) is 21.8. The second kappa shape index (κ2) is 12.0. The van der Waals surface area contributed by atoms with Crippen molar-refractivity contribution in [2.75, 3.05) is 0 Å². The van der Waals surface area contributed by atoms with Crippen LogP contribution >= 0.6 is 0 Å². The lowest BCUT2D eigenvalue weighted by Crippen LogP contribution is -2.36. The van der Waals surface area contributed by atoms with Crippen LogP contribution in [0, 0.1) is 17.8 Å². The number of fused-ring (bicyclic) bond motifs is 3. The van der Waals surface area contributed by atoms with E-state index in [2.05, 4.69) is 175 Å². The zero-order chi connectivity index (χ0) is 32.0. The summed E-state index contributed by atoms with van der Waals surface area (Å²) in [6.07, 6.45) is 11.8. The molecule has 0 radical (unpaired) electrons. The van der Waals surface area contributed by atoms with Gasteiger partial charge in [-0.2, -0.15) is 0 Å². The van der Waals surface area contributed by atoms with Crippen molar-refractivity contribution in [3.63, 3.8) is 0 Å². The summed E-state index contributed by atoms with van der Waals surface area (Å²) >= 11 is 0. The molecule has 1 aromatic heterocycles. The van der Waals surface area contributed by atoms with Gasteiger partial charge < -0.3 is 0 Å². The molecular formula is C46H38N2. The van der Waals surface area contributed by atoms with Crippen molar-refractivity contribution in [1.29, 1.82) is 0 Å². The van der Waals surface area contributed by atoms with Gasteiger partial charge in [0.15, 0.2) is 0 Å². The van der Waals surface area contributed by atoms with Crippen LogP contribution < -0.4 is 0 Å². The molecule has 4 unspecified atom stereocenters.